The number of carbonyl (C=O) groups is 1. The maximum Gasteiger partial charge on any atom is 0.251 e. The lowest BCUT2D eigenvalue weighted by Gasteiger charge is -2.26. The summed E-state index contributed by atoms with van der Waals surface area (Å²) < 4.78 is 38.1. The number of morpholine rings is 1. The summed E-state index contributed by atoms with van der Waals surface area (Å²) in [6.45, 7) is 0.743. The van der Waals surface area contributed by atoms with Crippen molar-refractivity contribution in [3.05, 3.63) is 51.9 Å². The minimum Gasteiger partial charge on any atom is -0.495 e. The maximum absolute atomic E-state index is 12.8. The highest BCUT2D eigenvalue weighted by molar-refractivity contribution is 7.89. The molecule has 0 aliphatic carbocycles. The van der Waals surface area contributed by atoms with Crippen LogP contribution in [0.25, 0.3) is 0 Å². The molecule has 1 amide bonds. The predicted molar refractivity (Wildman–Crippen MR) is 107 cm³/mol. The minimum absolute atomic E-state index is 0.0562. The molecule has 1 aromatic heterocycles. The van der Waals surface area contributed by atoms with Crippen molar-refractivity contribution < 1.29 is 22.7 Å². The molecule has 3 rings (SSSR count). The third-order valence-corrected chi connectivity index (χ3v) is 6.49. The number of nitrogens with zero attached hydrogens (tertiary/aromatic N) is 2. The van der Waals surface area contributed by atoms with Crippen LogP contribution >= 0.6 is 11.6 Å². The first kappa shape index (κ1) is 21.3. The molecule has 0 unspecified atom stereocenters. The Morgan fingerprint density at radius 1 is 1.24 bits per heavy atom. The molecule has 0 spiro atoms. The van der Waals surface area contributed by atoms with E-state index in [1.54, 1.807) is 12.1 Å². The Hall–Kier alpha value is -2.40. The Morgan fingerprint density at radius 2 is 1.97 bits per heavy atom. The first-order valence-corrected chi connectivity index (χ1v) is 10.5. The number of anilines is 1. The molecule has 1 aliphatic heterocycles. The summed E-state index contributed by atoms with van der Waals surface area (Å²) in [6, 6.07) is 7.08. The quantitative estimate of drug-likeness (QED) is 0.721. The average molecular weight is 442 g/mol. The number of amides is 1. The molecule has 1 fully saturated rings. The fourth-order valence-corrected chi connectivity index (χ4v) is 4.51. The van der Waals surface area contributed by atoms with Crippen LogP contribution in [0.5, 0.6) is 5.75 Å². The van der Waals surface area contributed by atoms with E-state index in [0.29, 0.717) is 29.7 Å². The maximum atomic E-state index is 12.8. The standard InChI is InChI=1S/C18H20ClN3O6S/c1-27-16-4-2-13(10-15(16)19)20-17(23)12-21-11-14(3-5-18(21)24)29(25,26)22-6-8-28-9-7-22/h2-5,10-11H,6-9,12H2,1H3,(H,20,23). The minimum atomic E-state index is -3.78. The van der Waals surface area contributed by atoms with Crippen LogP contribution in [-0.2, 0) is 26.1 Å². The lowest BCUT2D eigenvalue weighted by Crippen LogP contribution is -2.41. The molecular weight excluding hydrogens is 422 g/mol. The molecule has 0 bridgehead atoms. The highest BCUT2D eigenvalue weighted by Crippen LogP contribution is 2.27. The number of hydrogen-bond acceptors (Lipinski definition) is 6. The Bertz CT molecular complexity index is 1060. The lowest BCUT2D eigenvalue weighted by molar-refractivity contribution is -0.116. The molecular formula is C18H20ClN3O6S. The Kier molecular flexibility index (Phi) is 6.58. The number of methoxy groups -OCH3 is 1. The van der Waals surface area contributed by atoms with Gasteiger partial charge in [0.15, 0.2) is 0 Å². The molecule has 9 nitrogen and oxygen atoms in total. The molecule has 1 aliphatic rings. The molecule has 11 heteroatoms. The van der Waals surface area contributed by atoms with E-state index in [4.69, 9.17) is 21.1 Å². The van der Waals surface area contributed by atoms with Crippen molar-refractivity contribution in [1.29, 1.82) is 0 Å². The SMILES string of the molecule is COc1ccc(NC(=O)Cn2cc(S(=O)(=O)N3CCOCC3)ccc2=O)cc1Cl. The second-order valence-corrected chi connectivity index (χ2v) is 8.59. The van der Waals surface area contributed by atoms with Gasteiger partial charge in [0.2, 0.25) is 15.9 Å². The van der Waals surface area contributed by atoms with Crippen molar-refractivity contribution in [3.8, 4) is 5.75 Å². The monoisotopic (exact) mass is 441 g/mol. The first-order valence-electron chi connectivity index (χ1n) is 8.73. The Morgan fingerprint density at radius 3 is 2.62 bits per heavy atom. The molecule has 0 atom stereocenters. The van der Waals surface area contributed by atoms with Crippen LogP contribution in [0, 0.1) is 0 Å². The van der Waals surface area contributed by atoms with Crippen LogP contribution in [-0.4, -0.2) is 56.6 Å². The Balaban J connectivity index is 1.77. The number of halogens is 1. The number of aromatic nitrogens is 1. The van der Waals surface area contributed by atoms with Crippen LogP contribution < -0.4 is 15.6 Å². The molecule has 2 heterocycles. The number of carbonyl (C=O) groups excluding carboxylic acids is 1. The van der Waals surface area contributed by atoms with Gasteiger partial charge < -0.3 is 19.4 Å². The number of rotatable bonds is 6. The van der Waals surface area contributed by atoms with Crippen molar-refractivity contribution in [1.82, 2.24) is 8.87 Å². The van der Waals surface area contributed by atoms with Crippen LogP contribution in [0.3, 0.4) is 0 Å². The zero-order chi connectivity index (χ0) is 21.0. The number of sulfonamides is 1. The molecule has 0 saturated carbocycles. The number of benzene rings is 1. The molecule has 2 aromatic rings. The normalized spacial score (nSPS) is 15.1. The topological polar surface area (TPSA) is 107 Å². The van der Waals surface area contributed by atoms with Crippen molar-refractivity contribution in [2.24, 2.45) is 0 Å². The van der Waals surface area contributed by atoms with Crippen molar-refractivity contribution in [2.75, 3.05) is 38.7 Å². The van der Waals surface area contributed by atoms with E-state index in [1.807, 2.05) is 0 Å². The lowest BCUT2D eigenvalue weighted by atomic mass is 10.3. The smallest absolute Gasteiger partial charge is 0.251 e. The van der Waals surface area contributed by atoms with Gasteiger partial charge in [0.05, 0.1) is 30.2 Å². The first-order chi connectivity index (χ1) is 13.8. The van der Waals surface area contributed by atoms with Crippen LogP contribution in [0.1, 0.15) is 0 Å². The van der Waals surface area contributed by atoms with Gasteiger partial charge in [-0.1, -0.05) is 11.6 Å². The molecule has 1 saturated heterocycles. The molecule has 1 aromatic carbocycles. The number of pyridine rings is 1. The van der Waals surface area contributed by atoms with Gasteiger partial charge in [-0.05, 0) is 24.3 Å². The summed E-state index contributed by atoms with van der Waals surface area (Å²) in [6.07, 6.45) is 1.17. The summed E-state index contributed by atoms with van der Waals surface area (Å²) in [4.78, 5) is 24.4. The number of hydrogen-bond donors (Lipinski definition) is 1. The van der Waals surface area contributed by atoms with Gasteiger partial charge in [0.25, 0.3) is 5.56 Å². The van der Waals surface area contributed by atoms with E-state index >= 15 is 0 Å². The van der Waals surface area contributed by atoms with E-state index in [1.165, 1.54) is 29.7 Å². The highest BCUT2D eigenvalue weighted by atomic mass is 35.5. The van der Waals surface area contributed by atoms with Crippen LogP contribution in [0.15, 0.2) is 46.2 Å². The van der Waals surface area contributed by atoms with Crippen molar-refractivity contribution >= 4 is 33.2 Å². The third kappa shape index (κ3) is 4.96. The third-order valence-electron chi connectivity index (χ3n) is 4.31. The van der Waals surface area contributed by atoms with Gasteiger partial charge in [0, 0.05) is 31.0 Å². The fraction of sp³-hybridized carbons (Fsp3) is 0.333. The zero-order valence-corrected chi connectivity index (χ0v) is 17.2. The molecule has 29 heavy (non-hydrogen) atoms. The van der Waals surface area contributed by atoms with Gasteiger partial charge in [-0.3, -0.25) is 9.59 Å². The Labute approximate surface area is 172 Å². The summed E-state index contributed by atoms with van der Waals surface area (Å²) >= 11 is 6.03. The zero-order valence-electron chi connectivity index (χ0n) is 15.6. The van der Waals surface area contributed by atoms with Gasteiger partial charge in [-0.25, -0.2) is 8.42 Å². The van der Waals surface area contributed by atoms with E-state index in [-0.39, 0.29) is 24.5 Å². The summed E-state index contributed by atoms with van der Waals surface area (Å²) in [5.74, 6) is -0.0452. The van der Waals surface area contributed by atoms with Gasteiger partial charge in [-0.2, -0.15) is 4.31 Å². The van der Waals surface area contributed by atoms with Crippen molar-refractivity contribution in [2.45, 2.75) is 11.4 Å². The number of ether oxygens (including phenoxy) is 2. The average Bonchev–Trinajstić information content (AvgIpc) is 2.70. The molecule has 1 N–H and O–H groups in total. The molecule has 156 valence electrons. The summed E-state index contributed by atoms with van der Waals surface area (Å²) in [5, 5.41) is 2.94. The predicted octanol–water partition coefficient (Wildman–Crippen LogP) is 1.17. The van der Waals surface area contributed by atoms with E-state index < -0.39 is 21.5 Å². The van der Waals surface area contributed by atoms with Crippen molar-refractivity contribution in [3.63, 3.8) is 0 Å². The van der Waals surface area contributed by atoms with Gasteiger partial charge >= 0.3 is 0 Å². The second kappa shape index (κ2) is 8.95. The van der Waals surface area contributed by atoms with Crippen LogP contribution in [0.2, 0.25) is 5.02 Å². The van der Waals surface area contributed by atoms with Crippen LogP contribution in [0.4, 0.5) is 5.69 Å². The van der Waals surface area contributed by atoms with E-state index in [2.05, 4.69) is 5.32 Å². The number of nitrogens with one attached hydrogen (secondary N) is 1. The van der Waals surface area contributed by atoms with E-state index in [9.17, 15) is 18.0 Å². The largest absolute Gasteiger partial charge is 0.495 e. The highest BCUT2D eigenvalue weighted by Gasteiger charge is 2.27. The fourth-order valence-electron chi connectivity index (χ4n) is 2.82. The van der Waals surface area contributed by atoms with E-state index in [0.717, 1.165) is 10.6 Å². The van der Waals surface area contributed by atoms with Gasteiger partial charge in [0.1, 0.15) is 12.3 Å². The summed E-state index contributed by atoms with van der Waals surface area (Å²) in [5.41, 5.74) is -0.0696. The molecule has 0 radical (unpaired) electrons. The summed E-state index contributed by atoms with van der Waals surface area (Å²) in [7, 11) is -2.30. The second-order valence-electron chi connectivity index (χ2n) is 6.24. The van der Waals surface area contributed by atoms with Gasteiger partial charge in [-0.15, -0.1) is 0 Å².